The number of aromatic nitrogens is 9. The number of amides is 1. The number of nitrogens with zero attached hydrogens (tertiary/aromatic N) is 9. The van der Waals surface area contributed by atoms with Gasteiger partial charge in [-0.05, 0) is 31.2 Å². The van der Waals surface area contributed by atoms with Gasteiger partial charge in [-0.15, -0.1) is 5.10 Å². The largest absolute Gasteiger partial charge is 0.309 e. The second-order valence-corrected chi connectivity index (χ2v) is 7.02. The molecule has 0 atom stereocenters. The van der Waals surface area contributed by atoms with E-state index in [1.54, 1.807) is 48.1 Å². The first kappa shape index (κ1) is 19.3. The highest BCUT2D eigenvalue weighted by molar-refractivity contribution is 5.90. The number of hydrogen-bond donors (Lipinski definition) is 1. The minimum Gasteiger partial charge on any atom is -0.309 e. The monoisotopic (exact) mass is 426 g/mol. The van der Waals surface area contributed by atoms with E-state index in [9.17, 15) is 4.79 Å². The molecule has 0 fully saturated rings. The highest BCUT2D eigenvalue weighted by Gasteiger charge is 2.13. The van der Waals surface area contributed by atoms with Crippen molar-refractivity contribution in [3.05, 3.63) is 79.5 Å². The molecule has 5 aromatic heterocycles. The van der Waals surface area contributed by atoms with Crippen LogP contribution in [0.25, 0.3) is 22.8 Å². The molecule has 1 N–H and O–H groups in total. The average molecular weight is 426 g/mol. The smallest absolute Gasteiger partial charge is 0.247 e. The molecule has 11 nitrogen and oxygen atoms in total. The van der Waals surface area contributed by atoms with Crippen molar-refractivity contribution in [2.45, 2.75) is 13.5 Å². The predicted molar refractivity (Wildman–Crippen MR) is 115 cm³/mol. The van der Waals surface area contributed by atoms with Crippen molar-refractivity contribution >= 4 is 11.7 Å². The zero-order valence-corrected chi connectivity index (χ0v) is 17.1. The van der Waals surface area contributed by atoms with Gasteiger partial charge in [0.25, 0.3) is 0 Å². The van der Waals surface area contributed by atoms with Gasteiger partial charge in [0.2, 0.25) is 5.91 Å². The molecular formula is C21H18N10O. The summed E-state index contributed by atoms with van der Waals surface area (Å²) in [5, 5.41) is 15.5. The number of aryl methyl sites for hydroxylation is 1. The Morgan fingerprint density at radius 2 is 2.06 bits per heavy atom. The number of hydrogen-bond acceptors (Lipinski definition) is 7. The molecule has 0 aliphatic heterocycles. The third-order valence-corrected chi connectivity index (χ3v) is 4.65. The van der Waals surface area contributed by atoms with E-state index in [-0.39, 0.29) is 12.5 Å². The van der Waals surface area contributed by atoms with Gasteiger partial charge in [0, 0.05) is 36.4 Å². The molecule has 0 unspecified atom stereocenters. The molecule has 158 valence electrons. The Kier molecular flexibility index (Phi) is 4.96. The zero-order valence-electron chi connectivity index (χ0n) is 17.1. The fourth-order valence-corrected chi connectivity index (χ4v) is 3.19. The van der Waals surface area contributed by atoms with Crippen LogP contribution in [0, 0.1) is 6.92 Å². The van der Waals surface area contributed by atoms with Gasteiger partial charge in [-0.2, -0.15) is 5.10 Å². The van der Waals surface area contributed by atoms with E-state index in [0.717, 1.165) is 22.8 Å². The van der Waals surface area contributed by atoms with E-state index in [2.05, 4.69) is 35.7 Å². The Morgan fingerprint density at radius 1 is 1.12 bits per heavy atom. The Labute approximate surface area is 182 Å². The van der Waals surface area contributed by atoms with Crippen LogP contribution in [0.1, 0.15) is 5.69 Å². The Hall–Kier alpha value is -4.67. The molecular weight excluding hydrogens is 408 g/mol. The average Bonchev–Trinajstić information content (AvgIpc) is 3.56. The lowest BCUT2D eigenvalue weighted by atomic mass is 10.2. The fraction of sp³-hybridized carbons (Fsp3) is 0.0952. The van der Waals surface area contributed by atoms with Crippen LogP contribution in [0.2, 0.25) is 0 Å². The van der Waals surface area contributed by atoms with E-state index < -0.39 is 0 Å². The standard InChI is InChI=1S/C21H18N10O/c1-15-9-20(31(27-15)17-3-2-6-22-11-17)25-21(32)13-30-12-18(26-28-30)16-4-5-19(24-10-16)29-8-7-23-14-29/h2-12,14H,13H2,1H3,(H,25,32). The SMILES string of the molecule is Cc1cc(NC(=O)Cn2cc(-c3ccc(-n4ccnc4)nc3)nn2)n(-c2cccnc2)n1. The van der Waals surface area contributed by atoms with Crippen molar-refractivity contribution in [3.63, 3.8) is 0 Å². The van der Waals surface area contributed by atoms with E-state index >= 15 is 0 Å². The van der Waals surface area contributed by atoms with Crippen molar-refractivity contribution in [2.24, 2.45) is 0 Å². The van der Waals surface area contributed by atoms with Crippen LogP contribution in [0.3, 0.4) is 0 Å². The van der Waals surface area contributed by atoms with E-state index in [1.165, 1.54) is 4.68 Å². The normalized spacial score (nSPS) is 10.9. The predicted octanol–water partition coefficient (Wildman–Crippen LogP) is 2.05. The molecule has 1 amide bonds. The quantitative estimate of drug-likeness (QED) is 0.441. The van der Waals surface area contributed by atoms with Crippen LogP contribution in [0.4, 0.5) is 5.82 Å². The summed E-state index contributed by atoms with van der Waals surface area (Å²) in [5.41, 5.74) is 2.95. The lowest BCUT2D eigenvalue weighted by Crippen LogP contribution is -2.21. The van der Waals surface area contributed by atoms with Crippen molar-refractivity contribution in [2.75, 3.05) is 5.32 Å². The summed E-state index contributed by atoms with van der Waals surface area (Å²) < 4.78 is 4.93. The molecule has 0 saturated carbocycles. The summed E-state index contributed by atoms with van der Waals surface area (Å²) in [7, 11) is 0. The number of carbonyl (C=O) groups excluding carboxylic acids is 1. The van der Waals surface area contributed by atoms with Gasteiger partial charge < -0.3 is 5.32 Å². The second-order valence-electron chi connectivity index (χ2n) is 7.02. The first-order valence-corrected chi connectivity index (χ1v) is 9.77. The molecule has 0 aromatic carbocycles. The van der Waals surface area contributed by atoms with Crippen LogP contribution < -0.4 is 5.32 Å². The Balaban J connectivity index is 1.28. The maximum absolute atomic E-state index is 12.6. The summed E-state index contributed by atoms with van der Waals surface area (Å²) in [6.07, 6.45) is 12.0. The first-order chi connectivity index (χ1) is 15.7. The summed E-state index contributed by atoms with van der Waals surface area (Å²) >= 11 is 0. The van der Waals surface area contributed by atoms with Crippen LogP contribution >= 0.6 is 0 Å². The van der Waals surface area contributed by atoms with Gasteiger partial charge in [0.05, 0.1) is 23.8 Å². The number of pyridine rings is 2. The summed E-state index contributed by atoms with van der Waals surface area (Å²) in [6, 6.07) is 9.23. The van der Waals surface area contributed by atoms with Crippen LogP contribution in [0.5, 0.6) is 0 Å². The minimum atomic E-state index is -0.250. The maximum atomic E-state index is 12.6. The molecule has 0 radical (unpaired) electrons. The number of anilines is 1. The molecule has 32 heavy (non-hydrogen) atoms. The van der Waals surface area contributed by atoms with Gasteiger partial charge in [-0.25, -0.2) is 19.3 Å². The number of nitrogens with one attached hydrogen (secondary N) is 1. The van der Waals surface area contributed by atoms with Crippen molar-refractivity contribution in [1.82, 2.24) is 44.3 Å². The molecule has 0 saturated heterocycles. The first-order valence-electron chi connectivity index (χ1n) is 9.77. The summed E-state index contributed by atoms with van der Waals surface area (Å²) in [6.45, 7) is 1.86. The third kappa shape index (κ3) is 3.99. The highest BCUT2D eigenvalue weighted by atomic mass is 16.2. The van der Waals surface area contributed by atoms with Crippen LogP contribution in [-0.2, 0) is 11.3 Å². The fourth-order valence-electron chi connectivity index (χ4n) is 3.19. The minimum absolute atomic E-state index is 0.00478. The summed E-state index contributed by atoms with van der Waals surface area (Å²) in [4.78, 5) is 25.2. The Morgan fingerprint density at radius 3 is 2.81 bits per heavy atom. The van der Waals surface area contributed by atoms with E-state index in [4.69, 9.17) is 0 Å². The van der Waals surface area contributed by atoms with E-state index in [1.807, 2.05) is 42.0 Å². The zero-order chi connectivity index (χ0) is 21.9. The van der Waals surface area contributed by atoms with Gasteiger partial charge in [0.15, 0.2) is 0 Å². The molecule has 0 bridgehead atoms. The lowest BCUT2D eigenvalue weighted by molar-refractivity contribution is -0.117. The van der Waals surface area contributed by atoms with Gasteiger partial charge in [0.1, 0.15) is 30.2 Å². The third-order valence-electron chi connectivity index (χ3n) is 4.65. The molecule has 0 aliphatic carbocycles. The molecule has 0 spiro atoms. The maximum Gasteiger partial charge on any atom is 0.247 e. The number of rotatable bonds is 6. The van der Waals surface area contributed by atoms with Gasteiger partial charge in [-0.1, -0.05) is 5.21 Å². The van der Waals surface area contributed by atoms with Gasteiger partial charge in [-0.3, -0.25) is 14.3 Å². The van der Waals surface area contributed by atoms with Crippen molar-refractivity contribution in [1.29, 1.82) is 0 Å². The van der Waals surface area contributed by atoms with Crippen LogP contribution in [-0.4, -0.2) is 50.2 Å². The van der Waals surface area contributed by atoms with Crippen molar-refractivity contribution in [3.8, 4) is 22.8 Å². The second kappa shape index (κ2) is 8.22. The van der Waals surface area contributed by atoms with E-state index in [0.29, 0.717) is 11.5 Å². The van der Waals surface area contributed by atoms with Crippen molar-refractivity contribution < 1.29 is 4.79 Å². The summed E-state index contributed by atoms with van der Waals surface area (Å²) in [5.74, 6) is 1.05. The molecule has 5 rings (SSSR count). The highest BCUT2D eigenvalue weighted by Crippen LogP contribution is 2.18. The van der Waals surface area contributed by atoms with Crippen LogP contribution in [0.15, 0.2) is 73.8 Å². The topological polar surface area (TPSA) is 121 Å². The molecule has 0 aliphatic rings. The molecule has 5 heterocycles. The molecule has 5 aromatic rings. The lowest BCUT2D eigenvalue weighted by Gasteiger charge is -2.08. The number of carbonyl (C=O) groups is 1. The molecule has 11 heteroatoms. The number of imidazole rings is 1. The Bertz CT molecular complexity index is 1340. The van der Waals surface area contributed by atoms with Gasteiger partial charge >= 0.3 is 0 Å².